The first kappa shape index (κ1) is 11.9. The van der Waals surface area contributed by atoms with Gasteiger partial charge in [-0.1, -0.05) is 13.8 Å². The van der Waals surface area contributed by atoms with Gasteiger partial charge in [0.05, 0.1) is 5.69 Å². The van der Waals surface area contributed by atoms with Gasteiger partial charge in [-0.2, -0.15) is 0 Å². The molecule has 0 amide bonds. The van der Waals surface area contributed by atoms with Crippen molar-refractivity contribution in [3.63, 3.8) is 0 Å². The normalized spacial score (nSPS) is 12.6. The second-order valence-electron chi connectivity index (χ2n) is 3.95. The van der Waals surface area contributed by atoms with E-state index >= 15 is 0 Å². The van der Waals surface area contributed by atoms with Crippen LogP contribution in [0.2, 0.25) is 0 Å². The molecule has 0 fully saturated rings. The molecule has 0 spiro atoms. The molecule has 15 heavy (non-hydrogen) atoms. The molecule has 0 saturated heterocycles. The third-order valence-corrected chi connectivity index (χ3v) is 2.41. The molecule has 1 aromatic heterocycles. The van der Waals surface area contributed by atoms with Crippen molar-refractivity contribution in [3.8, 4) is 0 Å². The zero-order valence-corrected chi connectivity index (χ0v) is 9.99. The van der Waals surface area contributed by atoms with Crippen LogP contribution in [0.15, 0.2) is 6.07 Å². The molecule has 0 aromatic carbocycles. The highest BCUT2D eigenvalue weighted by Gasteiger charge is 2.09. The van der Waals surface area contributed by atoms with Gasteiger partial charge >= 0.3 is 0 Å². The lowest BCUT2D eigenvalue weighted by Gasteiger charge is -2.16. The SMILES string of the molecule is CCc1nc(C(C)CN)cc(N(C)C)n1. The summed E-state index contributed by atoms with van der Waals surface area (Å²) in [7, 11) is 3.97. The predicted molar refractivity (Wildman–Crippen MR) is 63.2 cm³/mol. The lowest BCUT2D eigenvalue weighted by atomic mass is 10.1. The maximum absolute atomic E-state index is 5.65. The first-order valence-electron chi connectivity index (χ1n) is 5.33. The summed E-state index contributed by atoms with van der Waals surface area (Å²) in [5, 5.41) is 0. The zero-order valence-electron chi connectivity index (χ0n) is 9.99. The monoisotopic (exact) mass is 208 g/mol. The summed E-state index contributed by atoms with van der Waals surface area (Å²) < 4.78 is 0. The summed E-state index contributed by atoms with van der Waals surface area (Å²) in [6, 6.07) is 2.01. The highest BCUT2D eigenvalue weighted by molar-refractivity contribution is 5.38. The molecular formula is C11H20N4. The van der Waals surface area contributed by atoms with E-state index in [1.165, 1.54) is 0 Å². The highest BCUT2D eigenvalue weighted by atomic mass is 15.1. The summed E-state index contributed by atoms with van der Waals surface area (Å²) in [4.78, 5) is 10.9. The van der Waals surface area contributed by atoms with Gasteiger partial charge in [0, 0.05) is 39.0 Å². The molecule has 4 nitrogen and oxygen atoms in total. The maximum atomic E-state index is 5.65. The quantitative estimate of drug-likeness (QED) is 0.807. The summed E-state index contributed by atoms with van der Waals surface area (Å²) in [6.07, 6.45) is 0.853. The van der Waals surface area contributed by atoms with E-state index in [-0.39, 0.29) is 5.92 Å². The van der Waals surface area contributed by atoms with Crippen molar-refractivity contribution in [3.05, 3.63) is 17.6 Å². The number of aryl methyl sites for hydroxylation is 1. The average Bonchev–Trinajstić information content (AvgIpc) is 2.27. The molecule has 2 N–H and O–H groups in total. The van der Waals surface area contributed by atoms with Crippen molar-refractivity contribution in [1.82, 2.24) is 9.97 Å². The Morgan fingerprint density at radius 1 is 1.40 bits per heavy atom. The second-order valence-corrected chi connectivity index (χ2v) is 3.95. The fourth-order valence-corrected chi connectivity index (χ4v) is 1.26. The molecule has 0 bridgehead atoms. The number of nitrogens with zero attached hydrogens (tertiary/aromatic N) is 3. The second kappa shape index (κ2) is 5.07. The van der Waals surface area contributed by atoms with Crippen molar-refractivity contribution in [1.29, 1.82) is 0 Å². The molecule has 1 aromatic rings. The topological polar surface area (TPSA) is 55.0 Å². The predicted octanol–water partition coefficient (Wildman–Crippen LogP) is 1.17. The fraction of sp³-hybridized carbons (Fsp3) is 0.636. The van der Waals surface area contributed by atoms with E-state index in [1.54, 1.807) is 0 Å². The van der Waals surface area contributed by atoms with E-state index < -0.39 is 0 Å². The van der Waals surface area contributed by atoms with Crippen LogP contribution in [0.1, 0.15) is 31.3 Å². The number of hydrogen-bond donors (Lipinski definition) is 1. The largest absolute Gasteiger partial charge is 0.363 e. The van der Waals surface area contributed by atoms with Gasteiger partial charge in [0.15, 0.2) is 0 Å². The van der Waals surface area contributed by atoms with E-state index in [0.717, 1.165) is 23.8 Å². The fourth-order valence-electron chi connectivity index (χ4n) is 1.26. The van der Waals surface area contributed by atoms with Crippen LogP contribution in [-0.4, -0.2) is 30.6 Å². The molecule has 84 valence electrons. The Hall–Kier alpha value is -1.16. The number of rotatable bonds is 4. The Kier molecular flexibility index (Phi) is 4.03. The molecule has 1 unspecified atom stereocenters. The van der Waals surface area contributed by atoms with Gasteiger partial charge in [-0.3, -0.25) is 0 Å². The Morgan fingerprint density at radius 3 is 2.53 bits per heavy atom. The summed E-state index contributed by atoms with van der Waals surface area (Å²) in [5.41, 5.74) is 6.68. The summed E-state index contributed by atoms with van der Waals surface area (Å²) in [6.45, 7) is 4.76. The molecule has 0 aliphatic carbocycles. The van der Waals surface area contributed by atoms with Crippen LogP contribution in [0.3, 0.4) is 0 Å². The standard InChI is InChI=1S/C11H20N4/c1-5-10-13-9(8(2)7-12)6-11(14-10)15(3)4/h6,8H,5,7,12H2,1-4H3. The Bertz CT molecular complexity index is 322. The number of nitrogens with two attached hydrogens (primary N) is 1. The van der Waals surface area contributed by atoms with Crippen molar-refractivity contribution in [2.75, 3.05) is 25.5 Å². The minimum Gasteiger partial charge on any atom is -0.363 e. The van der Waals surface area contributed by atoms with Gasteiger partial charge in [0.25, 0.3) is 0 Å². The minimum absolute atomic E-state index is 0.289. The first-order valence-corrected chi connectivity index (χ1v) is 5.33. The van der Waals surface area contributed by atoms with E-state index in [4.69, 9.17) is 5.73 Å². The molecule has 1 rings (SSSR count). The lowest BCUT2D eigenvalue weighted by molar-refractivity contribution is 0.726. The molecular weight excluding hydrogens is 188 g/mol. The van der Waals surface area contributed by atoms with Crippen LogP contribution in [0.25, 0.3) is 0 Å². The van der Waals surface area contributed by atoms with Gasteiger partial charge in [0.1, 0.15) is 11.6 Å². The minimum atomic E-state index is 0.289. The van der Waals surface area contributed by atoms with E-state index in [9.17, 15) is 0 Å². The number of hydrogen-bond acceptors (Lipinski definition) is 4. The molecule has 0 aliphatic rings. The van der Waals surface area contributed by atoms with Crippen LogP contribution < -0.4 is 10.6 Å². The molecule has 1 atom stereocenters. The Labute approximate surface area is 91.5 Å². The number of aromatic nitrogens is 2. The molecule has 0 saturated carbocycles. The third-order valence-electron chi connectivity index (χ3n) is 2.41. The molecule has 1 heterocycles. The van der Waals surface area contributed by atoms with Crippen LogP contribution >= 0.6 is 0 Å². The Balaban J connectivity index is 3.11. The van der Waals surface area contributed by atoms with Crippen molar-refractivity contribution < 1.29 is 0 Å². The van der Waals surface area contributed by atoms with Crippen LogP contribution in [-0.2, 0) is 6.42 Å². The van der Waals surface area contributed by atoms with Crippen LogP contribution in [0.5, 0.6) is 0 Å². The third kappa shape index (κ3) is 2.89. The molecule has 4 heteroatoms. The van der Waals surface area contributed by atoms with Gasteiger partial charge in [-0.25, -0.2) is 9.97 Å². The highest BCUT2D eigenvalue weighted by Crippen LogP contribution is 2.17. The maximum Gasteiger partial charge on any atom is 0.132 e. The van der Waals surface area contributed by atoms with Gasteiger partial charge in [-0.15, -0.1) is 0 Å². The van der Waals surface area contributed by atoms with Crippen LogP contribution in [0.4, 0.5) is 5.82 Å². The average molecular weight is 208 g/mol. The smallest absolute Gasteiger partial charge is 0.132 e. The lowest BCUT2D eigenvalue weighted by Crippen LogP contribution is -2.16. The van der Waals surface area contributed by atoms with Crippen molar-refractivity contribution in [2.45, 2.75) is 26.2 Å². The van der Waals surface area contributed by atoms with Gasteiger partial charge in [0.2, 0.25) is 0 Å². The van der Waals surface area contributed by atoms with Gasteiger partial charge < -0.3 is 10.6 Å². The van der Waals surface area contributed by atoms with E-state index in [0.29, 0.717) is 6.54 Å². The van der Waals surface area contributed by atoms with E-state index in [2.05, 4.69) is 23.8 Å². The zero-order chi connectivity index (χ0) is 11.4. The van der Waals surface area contributed by atoms with Crippen LogP contribution in [0, 0.1) is 0 Å². The summed E-state index contributed by atoms with van der Waals surface area (Å²) in [5.74, 6) is 2.13. The van der Waals surface area contributed by atoms with E-state index in [1.807, 2.05) is 25.1 Å². The number of anilines is 1. The van der Waals surface area contributed by atoms with Gasteiger partial charge in [-0.05, 0) is 0 Å². The Morgan fingerprint density at radius 2 is 2.07 bits per heavy atom. The molecule has 0 aliphatic heterocycles. The first-order chi connectivity index (χ1) is 7.08. The van der Waals surface area contributed by atoms with Crippen molar-refractivity contribution in [2.24, 2.45) is 5.73 Å². The summed E-state index contributed by atoms with van der Waals surface area (Å²) >= 11 is 0. The molecule has 0 radical (unpaired) electrons. The van der Waals surface area contributed by atoms with Crippen molar-refractivity contribution >= 4 is 5.82 Å².